The number of carbonyl (C=O) groups is 1. The van der Waals surface area contributed by atoms with Crippen molar-refractivity contribution in [1.29, 1.82) is 0 Å². The maximum absolute atomic E-state index is 11.0. The predicted octanol–water partition coefficient (Wildman–Crippen LogP) is 1.13. The number of nitrogens with one attached hydrogen (secondary N) is 1. The number of amides is 1. The van der Waals surface area contributed by atoms with E-state index in [0.717, 1.165) is 31.6 Å². The number of hydrogen-bond acceptors (Lipinski definition) is 4. The van der Waals surface area contributed by atoms with E-state index < -0.39 is 0 Å². The maximum atomic E-state index is 11.0. The molecule has 1 fully saturated rings. The van der Waals surface area contributed by atoms with Gasteiger partial charge in [-0.2, -0.15) is 0 Å². The number of benzene rings is 1. The zero-order valence-corrected chi connectivity index (χ0v) is 10.2. The fourth-order valence-electron chi connectivity index (χ4n) is 2.66. The van der Waals surface area contributed by atoms with E-state index in [9.17, 15) is 4.79 Å². The fourth-order valence-corrected chi connectivity index (χ4v) is 2.66. The Bertz CT molecular complexity index is 475. The van der Waals surface area contributed by atoms with E-state index in [2.05, 4.69) is 16.3 Å². The third-order valence-corrected chi connectivity index (χ3v) is 3.49. The number of carbonyl (C=O) groups excluding carboxylic acids is 1. The molecule has 0 bridgehead atoms. The molecule has 2 aliphatic heterocycles. The Hall–Kier alpha value is -1.91. The van der Waals surface area contributed by atoms with Crippen LogP contribution in [0, 0.1) is 0 Å². The number of cyclic esters (lactones) is 1. The third-order valence-electron chi connectivity index (χ3n) is 3.49. The first-order valence-corrected chi connectivity index (χ1v) is 6.30. The van der Waals surface area contributed by atoms with Crippen LogP contribution in [0.3, 0.4) is 0 Å². The van der Waals surface area contributed by atoms with E-state index in [1.807, 2.05) is 12.1 Å². The van der Waals surface area contributed by atoms with Crippen LogP contribution in [-0.4, -0.2) is 31.8 Å². The molecule has 0 saturated carbocycles. The van der Waals surface area contributed by atoms with E-state index in [1.165, 1.54) is 11.3 Å². The summed E-state index contributed by atoms with van der Waals surface area (Å²) < 4.78 is 5.19. The molecule has 1 saturated heterocycles. The number of aryl methyl sites for hydroxylation is 1. The van der Waals surface area contributed by atoms with Crippen molar-refractivity contribution in [2.24, 2.45) is 0 Å². The molecule has 0 aromatic heterocycles. The summed E-state index contributed by atoms with van der Waals surface area (Å²) in [4.78, 5) is 13.3. The number of rotatable bonds is 2. The van der Waals surface area contributed by atoms with Crippen molar-refractivity contribution in [2.45, 2.75) is 18.9 Å². The van der Waals surface area contributed by atoms with Crippen LogP contribution in [0.4, 0.5) is 16.2 Å². The van der Waals surface area contributed by atoms with Crippen molar-refractivity contribution >= 4 is 17.5 Å². The monoisotopic (exact) mass is 247 g/mol. The summed E-state index contributed by atoms with van der Waals surface area (Å²) >= 11 is 0. The molecular formula is C13H17N3O2. The quantitative estimate of drug-likeness (QED) is 0.769. The van der Waals surface area contributed by atoms with Gasteiger partial charge in [0.05, 0.1) is 13.1 Å². The average molecular weight is 247 g/mol. The lowest BCUT2D eigenvalue weighted by Crippen LogP contribution is -2.37. The molecule has 1 amide bonds. The van der Waals surface area contributed by atoms with Crippen LogP contribution in [0.15, 0.2) is 18.2 Å². The van der Waals surface area contributed by atoms with Gasteiger partial charge in [0.2, 0.25) is 0 Å². The van der Waals surface area contributed by atoms with E-state index in [-0.39, 0.29) is 12.2 Å². The SMILES string of the molecule is Nc1ccc2c(c1)CCCN2CC1CNC(=O)O1. The molecule has 18 heavy (non-hydrogen) atoms. The standard InChI is InChI=1S/C13H17N3O2/c14-10-3-4-12-9(6-10)2-1-5-16(12)8-11-7-15-13(17)18-11/h3-4,6,11H,1-2,5,7-8,14H2,(H,15,17). The van der Waals surface area contributed by atoms with Gasteiger partial charge in [0.1, 0.15) is 6.10 Å². The normalized spacial score (nSPS) is 22.3. The first kappa shape index (κ1) is 11.2. The summed E-state index contributed by atoms with van der Waals surface area (Å²) in [5, 5.41) is 2.68. The molecule has 0 aliphatic carbocycles. The second-order valence-electron chi connectivity index (χ2n) is 4.85. The number of fused-ring (bicyclic) bond motifs is 1. The average Bonchev–Trinajstić information content (AvgIpc) is 2.75. The number of hydrogen-bond donors (Lipinski definition) is 2. The molecular weight excluding hydrogens is 230 g/mol. The first-order valence-electron chi connectivity index (χ1n) is 6.30. The minimum absolute atomic E-state index is 0.0546. The summed E-state index contributed by atoms with van der Waals surface area (Å²) in [6, 6.07) is 6.03. The number of anilines is 2. The van der Waals surface area contributed by atoms with E-state index in [1.54, 1.807) is 0 Å². The van der Waals surface area contributed by atoms with Crippen LogP contribution in [0.1, 0.15) is 12.0 Å². The zero-order valence-electron chi connectivity index (χ0n) is 10.2. The molecule has 1 unspecified atom stereocenters. The van der Waals surface area contributed by atoms with Crippen LogP contribution in [0.25, 0.3) is 0 Å². The van der Waals surface area contributed by atoms with Gasteiger partial charge in [-0.1, -0.05) is 0 Å². The Morgan fingerprint density at radius 1 is 1.50 bits per heavy atom. The second-order valence-corrected chi connectivity index (χ2v) is 4.85. The molecule has 5 nitrogen and oxygen atoms in total. The predicted molar refractivity (Wildman–Crippen MR) is 69.7 cm³/mol. The van der Waals surface area contributed by atoms with E-state index in [0.29, 0.717) is 6.54 Å². The molecule has 3 rings (SSSR count). The van der Waals surface area contributed by atoms with Gasteiger partial charge in [-0.3, -0.25) is 0 Å². The van der Waals surface area contributed by atoms with Gasteiger partial charge in [0.15, 0.2) is 0 Å². The number of nitrogens with zero attached hydrogens (tertiary/aromatic N) is 1. The summed E-state index contributed by atoms with van der Waals surface area (Å²) in [5.74, 6) is 0. The molecule has 2 aliphatic rings. The molecule has 0 radical (unpaired) electrons. The topological polar surface area (TPSA) is 67.6 Å². The van der Waals surface area contributed by atoms with Crippen molar-refractivity contribution in [3.63, 3.8) is 0 Å². The van der Waals surface area contributed by atoms with Crippen molar-refractivity contribution in [1.82, 2.24) is 5.32 Å². The Labute approximate surface area is 106 Å². The molecule has 5 heteroatoms. The van der Waals surface area contributed by atoms with Crippen molar-refractivity contribution in [2.75, 3.05) is 30.3 Å². The number of ether oxygens (including phenoxy) is 1. The van der Waals surface area contributed by atoms with Gasteiger partial charge in [-0.05, 0) is 36.6 Å². The van der Waals surface area contributed by atoms with Crippen molar-refractivity contribution in [3.05, 3.63) is 23.8 Å². The largest absolute Gasteiger partial charge is 0.442 e. The van der Waals surface area contributed by atoms with Gasteiger partial charge < -0.3 is 20.7 Å². The van der Waals surface area contributed by atoms with Gasteiger partial charge >= 0.3 is 6.09 Å². The molecule has 96 valence electrons. The van der Waals surface area contributed by atoms with Gasteiger partial charge in [-0.25, -0.2) is 4.79 Å². The highest BCUT2D eigenvalue weighted by atomic mass is 16.6. The number of nitrogen functional groups attached to an aromatic ring is 1. The molecule has 2 heterocycles. The Morgan fingerprint density at radius 2 is 2.39 bits per heavy atom. The number of nitrogens with two attached hydrogens (primary N) is 1. The van der Waals surface area contributed by atoms with Crippen LogP contribution in [0.2, 0.25) is 0 Å². The van der Waals surface area contributed by atoms with Crippen LogP contribution in [-0.2, 0) is 11.2 Å². The molecule has 1 aromatic carbocycles. The molecule has 1 atom stereocenters. The summed E-state index contributed by atoms with van der Waals surface area (Å²) in [7, 11) is 0. The van der Waals surface area contributed by atoms with E-state index >= 15 is 0 Å². The molecule has 3 N–H and O–H groups in total. The van der Waals surface area contributed by atoms with Gasteiger partial charge in [0.25, 0.3) is 0 Å². The lowest BCUT2D eigenvalue weighted by molar-refractivity contribution is 0.142. The smallest absolute Gasteiger partial charge is 0.407 e. The highest BCUT2D eigenvalue weighted by Crippen LogP contribution is 2.29. The maximum Gasteiger partial charge on any atom is 0.407 e. The molecule has 1 aromatic rings. The Balaban J connectivity index is 1.77. The molecule has 0 spiro atoms. The minimum Gasteiger partial charge on any atom is -0.442 e. The number of alkyl carbamates (subject to hydrolysis) is 1. The van der Waals surface area contributed by atoms with Crippen LogP contribution >= 0.6 is 0 Å². The lowest BCUT2D eigenvalue weighted by Gasteiger charge is -2.32. The third kappa shape index (κ3) is 2.08. The Morgan fingerprint density at radius 3 is 3.17 bits per heavy atom. The van der Waals surface area contributed by atoms with Crippen LogP contribution < -0.4 is 16.0 Å². The van der Waals surface area contributed by atoms with E-state index in [4.69, 9.17) is 10.5 Å². The second kappa shape index (κ2) is 4.40. The van der Waals surface area contributed by atoms with Gasteiger partial charge in [0, 0.05) is 17.9 Å². The van der Waals surface area contributed by atoms with Crippen LogP contribution in [0.5, 0.6) is 0 Å². The minimum atomic E-state index is -0.311. The summed E-state index contributed by atoms with van der Waals surface area (Å²) in [5.41, 5.74) is 9.13. The fraction of sp³-hybridized carbons (Fsp3) is 0.462. The summed E-state index contributed by atoms with van der Waals surface area (Å²) in [6.07, 6.45) is 1.82. The zero-order chi connectivity index (χ0) is 12.5. The Kier molecular flexibility index (Phi) is 2.74. The highest BCUT2D eigenvalue weighted by Gasteiger charge is 2.26. The van der Waals surface area contributed by atoms with Crippen molar-refractivity contribution < 1.29 is 9.53 Å². The van der Waals surface area contributed by atoms with Crippen molar-refractivity contribution in [3.8, 4) is 0 Å². The van der Waals surface area contributed by atoms with Gasteiger partial charge in [-0.15, -0.1) is 0 Å². The lowest BCUT2D eigenvalue weighted by atomic mass is 10.0. The highest BCUT2D eigenvalue weighted by molar-refractivity contribution is 5.69. The summed E-state index contributed by atoms with van der Waals surface area (Å²) in [6.45, 7) is 2.35. The first-order chi connectivity index (χ1) is 8.72.